The molecule has 2 fully saturated rings. The first-order chi connectivity index (χ1) is 5.62. The van der Waals surface area contributed by atoms with Crippen LogP contribution in [0.5, 0.6) is 0 Å². The SMILES string of the molecule is C=C1CC(C2(CC)CC2C)C1C. The Labute approximate surface area is 76.1 Å². The third-order valence-electron chi connectivity index (χ3n) is 4.63. The average Bonchev–Trinajstić information content (AvgIpc) is 2.73. The molecule has 2 saturated carbocycles. The maximum Gasteiger partial charge on any atom is -0.0197 e. The van der Waals surface area contributed by atoms with Crippen molar-refractivity contribution in [2.45, 2.75) is 40.0 Å². The molecule has 2 aliphatic rings. The summed E-state index contributed by atoms with van der Waals surface area (Å²) in [5.74, 6) is 2.78. The minimum absolute atomic E-state index is 0.737. The monoisotopic (exact) mass is 164 g/mol. The van der Waals surface area contributed by atoms with Gasteiger partial charge in [0.05, 0.1) is 0 Å². The van der Waals surface area contributed by atoms with Gasteiger partial charge in [-0.3, -0.25) is 0 Å². The molecule has 4 atom stereocenters. The lowest BCUT2D eigenvalue weighted by Crippen LogP contribution is -2.34. The molecule has 0 amide bonds. The Kier molecular flexibility index (Phi) is 1.65. The van der Waals surface area contributed by atoms with Crippen molar-refractivity contribution < 1.29 is 0 Å². The zero-order valence-electron chi connectivity index (χ0n) is 8.56. The molecule has 0 N–H and O–H groups in total. The van der Waals surface area contributed by atoms with E-state index >= 15 is 0 Å². The van der Waals surface area contributed by atoms with Gasteiger partial charge in [-0.25, -0.2) is 0 Å². The molecule has 0 radical (unpaired) electrons. The zero-order chi connectivity index (χ0) is 8.93. The van der Waals surface area contributed by atoms with E-state index in [9.17, 15) is 0 Å². The van der Waals surface area contributed by atoms with Gasteiger partial charge >= 0.3 is 0 Å². The normalized spacial score (nSPS) is 51.9. The van der Waals surface area contributed by atoms with Crippen LogP contribution in [0.15, 0.2) is 12.2 Å². The molecular formula is C12H20. The highest BCUT2D eigenvalue weighted by atomic mass is 14.6. The summed E-state index contributed by atoms with van der Waals surface area (Å²) in [6, 6.07) is 0. The Bertz CT molecular complexity index is 212. The molecule has 68 valence electrons. The van der Waals surface area contributed by atoms with Crippen LogP contribution in [-0.4, -0.2) is 0 Å². The van der Waals surface area contributed by atoms with Crippen LogP contribution in [0.2, 0.25) is 0 Å². The largest absolute Gasteiger partial charge is 0.0996 e. The van der Waals surface area contributed by atoms with Crippen LogP contribution in [0.4, 0.5) is 0 Å². The molecule has 0 spiro atoms. The fourth-order valence-corrected chi connectivity index (χ4v) is 3.25. The van der Waals surface area contributed by atoms with Crippen molar-refractivity contribution in [1.82, 2.24) is 0 Å². The van der Waals surface area contributed by atoms with Crippen molar-refractivity contribution in [3.63, 3.8) is 0 Å². The summed E-state index contributed by atoms with van der Waals surface area (Å²) in [5.41, 5.74) is 2.23. The molecule has 4 unspecified atom stereocenters. The van der Waals surface area contributed by atoms with Gasteiger partial charge in [0.1, 0.15) is 0 Å². The zero-order valence-corrected chi connectivity index (χ0v) is 8.56. The van der Waals surface area contributed by atoms with Crippen LogP contribution in [-0.2, 0) is 0 Å². The second kappa shape index (κ2) is 2.37. The molecule has 0 heterocycles. The Balaban J connectivity index is 2.06. The van der Waals surface area contributed by atoms with Gasteiger partial charge in [0, 0.05) is 0 Å². The first-order valence-corrected chi connectivity index (χ1v) is 5.29. The topological polar surface area (TPSA) is 0 Å². The fourth-order valence-electron chi connectivity index (χ4n) is 3.25. The summed E-state index contributed by atoms with van der Waals surface area (Å²) in [4.78, 5) is 0. The molecule has 0 saturated heterocycles. The highest BCUT2D eigenvalue weighted by Gasteiger charge is 2.58. The lowest BCUT2D eigenvalue weighted by Gasteiger charge is -2.43. The Hall–Kier alpha value is -0.260. The Morgan fingerprint density at radius 2 is 2.08 bits per heavy atom. The van der Waals surface area contributed by atoms with Crippen LogP contribution in [0, 0.1) is 23.2 Å². The lowest BCUT2D eigenvalue weighted by molar-refractivity contribution is 0.153. The third-order valence-corrected chi connectivity index (χ3v) is 4.63. The molecule has 0 nitrogen and oxygen atoms in total. The highest BCUT2D eigenvalue weighted by Crippen LogP contribution is 2.67. The van der Waals surface area contributed by atoms with Crippen LogP contribution in [0.25, 0.3) is 0 Å². The van der Waals surface area contributed by atoms with E-state index in [0.29, 0.717) is 0 Å². The highest BCUT2D eigenvalue weighted by molar-refractivity contribution is 5.21. The van der Waals surface area contributed by atoms with Crippen molar-refractivity contribution in [3.8, 4) is 0 Å². The van der Waals surface area contributed by atoms with Crippen LogP contribution < -0.4 is 0 Å². The first-order valence-electron chi connectivity index (χ1n) is 5.29. The minimum atomic E-state index is 0.737. The van der Waals surface area contributed by atoms with E-state index in [0.717, 1.165) is 23.2 Å². The van der Waals surface area contributed by atoms with E-state index < -0.39 is 0 Å². The minimum Gasteiger partial charge on any atom is -0.0996 e. The first kappa shape index (κ1) is 8.34. The van der Waals surface area contributed by atoms with E-state index in [1.54, 1.807) is 0 Å². The number of hydrogen-bond acceptors (Lipinski definition) is 0. The standard InChI is InChI=1S/C12H20/c1-5-12(7-9(12)3)11-6-8(2)10(11)4/h9-11H,2,5-7H2,1,3-4H3. The van der Waals surface area contributed by atoms with Gasteiger partial charge in [-0.05, 0) is 42.4 Å². The van der Waals surface area contributed by atoms with E-state index in [1.807, 2.05) is 0 Å². The molecular weight excluding hydrogens is 144 g/mol. The predicted molar refractivity (Wildman–Crippen MR) is 52.9 cm³/mol. The molecule has 12 heavy (non-hydrogen) atoms. The second-order valence-electron chi connectivity index (χ2n) is 4.95. The van der Waals surface area contributed by atoms with E-state index in [1.165, 1.54) is 24.8 Å². The number of allylic oxidation sites excluding steroid dienone is 1. The van der Waals surface area contributed by atoms with Crippen LogP contribution in [0.1, 0.15) is 40.0 Å². The molecule has 2 aliphatic carbocycles. The number of rotatable bonds is 2. The number of hydrogen-bond donors (Lipinski definition) is 0. The van der Waals surface area contributed by atoms with Crippen molar-refractivity contribution >= 4 is 0 Å². The summed E-state index contributed by atoms with van der Waals surface area (Å²) in [6.07, 6.45) is 4.18. The summed E-state index contributed by atoms with van der Waals surface area (Å²) in [6.45, 7) is 11.2. The maximum absolute atomic E-state index is 4.09. The molecule has 0 heteroatoms. The van der Waals surface area contributed by atoms with Crippen molar-refractivity contribution in [2.75, 3.05) is 0 Å². The fraction of sp³-hybridized carbons (Fsp3) is 0.833. The Morgan fingerprint density at radius 1 is 1.50 bits per heavy atom. The van der Waals surface area contributed by atoms with Gasteiger partial charge in [0.25, 0.3) is 0 Å². The molecule has 0 bridgehead atoms. The van der Waals surface area contributed by atoms with Crippen molar-refractivity contribution in [1.29, 1.82) is 0 Å². The van der Waals surface area contributed by atoms with E-state index in [-0.39, 0.29) is 0 Å². The van der Waals surface area contributed by atoms with Gasteiger partial charge < -0.3 is 0 Å². The maximum atomic E-state index is 4.09. The van der Waals surface area contributed by atoms with Crippen LogP contribution >= 0.6 is 0 Å². The lowest BCUT2D eigenvalue weighted by atomic mass is 9.62. The van der Waals surface area contributed by atoms with Gasteiger partial charge in [-0.15, -0.1) is 0 Å². The summed E-state index contributed by atoms with van der Waals surface area (Å²) >= 11 is 0. The summed E-state index contributed by atoms with van der Waals surface area (Å²) in [7, 11) is 0. The van der Waals surface area contributed by atoms with E-state index in [4.69, 9.17) is 0 Å². The van der Waals surface area contributed by atoms with Crippen LogP contribution in [0.3, 0.4) is 0 Å². The van der Waals surface area contributed by atoms with Crippen molar-refractivity contribution in [2.24, 2.45) is 23.2 Å². The molecule has 0 aromatic rings. The molecule has 0 aromatic heterocycles. The quantitative estimate of drug-likeness (QED) is 0.547. The predicted octanol–water partition coefficient (Wildman–Crippen LogP) is 3.63. The summed E-state index contributed by atoms with van der Waals surface area (Å²) in [5, 5.41) is 0. The van der Waals surface area contributed by atoms with Gasteiger partial charge in [0.2, 0.25) is 0 Å². The molecule has 0 aliphatic heterocycles. The van der Waals surface area contributed by atoms with Crippen molar-refractivity contribution in [3.05, 3.63) is 12.2 Å². The smallest absolute Gasteiger partial charge is 0.0197 e. The molecule has 2 rings (SSSR count). The second-order valence-corrected chi connectivity index (χ2v) is 4.95. The van der Waals surface area contributed by atoms with Gasteiger partial charge in [0.15, 0.2) is 0 Å². The summed E-state index contributed by atoms with van der Waals surface area (Å²) < 4.78 is 0. The molecule has 0 aromatic carbocycles. The third kappa shape index (κ3) is 0.841. The van der Waals surface area contributed by atoms with E-state index in [2.05, 4.69) is 27.4 Å². The Morgan fingerprint density at radius 3 is 2.33 bits per heavy atom. The van der Waals surface area contributed by atoms with Gasteiger partial charge in [-0.2, -0.15) is 0 Å². The average molecular weight is 164 g/mol. The van der Waals surface area contributed by atoms with Gasteiger partial charge in [-0.1, -0.05) is 32.9 Å².